The van der Waals surface area contributed by atoms with Crippen LogP contribution in [0, 0.1) is 5.82 Å². The first-order valence-electron chi connectivity index (χ1n) is 6.25. The second-order valence-electron chi connectivity index (χ2n) is 4.50. The summed E-state index contributed by atoms with van der Waals surface area (Å²) < 4.78 is 29.9. The molecule has 3 rings (SSSR count). The molecular weight excluding hydrogens is 379 g/mol. The maximum Gasteiger partial charge on any atom is 0.341 e. The Morgan fingerprint density at radius 1 is 1.27 bits per heavy atom. The van der Waals surface area contributed by atoms with E-state index in [9.17, 15) is 9.18 Å². The summed E-state index contributed by atoms with van der Waals surface area (Å²) in [5.74, 6) is -0.283. The van der Waals surface area contributed by atoms with E-state index in [1.165, 1.54) is 12.1 Å². The highest BCUT2D eigenvalue weighted by Gasteiger charge is 2.18. The van der Waals surface area contributed by atoms with Crippen LogP contribution in [-0.2, 0) is 11.3 Å². The van der Waals surface area contributed by atoms with Gasteiger partial charge in [-0.3, -0.25) is 0 Å². The molecule has 4 nitrogen and oxygen atoms in total. The number of hydrogen-bond acceptors (Lipinski definition) is 4. The topological polar surface area (TPSA) is 44.8 Å². The standard InChI is InChI=1S/C15H9BrClFO4/c16-11-5-14-13(21-7-22-14)3-8(11)6-20-15(19)10-4-9(17)1-2-12(10)18/h1-5H,6-7H2. The molecule has 1 aliphatic rings. The third-order valence-electron chi connectivity index (χ3n) is 3.05. The fourth-order valence-electron chi connectivity index (χ4n) is 1.94. The highest BCUT2D eigenvalue weighted by Crippen LogP contribution is 2.37. The van der Waals surface area contributed by atoms with E-state index in [1.54, 1.807) is 12.1 Å². The maximum atomic E-state index is 13.6. The molecule has 0 aromatic heterocycles. The number of carbonyl (C=O) groups is 1. The average Bonchev–Trinajstić information content (AvgIpc) is 2.94. The SMILES string of the molecule is O=C(OCc1cc2c(cc1Br)OCO2)c1cc(Cl)ccc1F. The minimum absolute atomic E-state index is 0.0397. The van der Waals surface area contributed by atoms with Crippen LogP contribution < -0.4 is 9.47 Å². The van der Waals surface area contributed by atoms with Gasteiger partial charge < -0.3 is 14.2 Å². The van der Waals surface area contributed by atoms with Crippen LogP contribution in [0.5, 0.6) is 11.5 Å². The van der Waals surface area contributed by atoms with Gasteiger partial charge in [0.25, 0.3) is 0 Å². The summed E-state index contributed by atoms with van der Waals surface area (Å²) >= 11 is 9.12. The molecule has 1 aliphatic heterocycles. The first-order chi connectivity index (χ1) is 10.5. The Balaban J connectivity index is 1.75. The minimum Gasteiger partial charge on any atom is -0.457 e. The van der Waals surface area contributed by atoms with Crippen LogP contribution in [0.3, 0.4) is 0 Å². The van der Waals surface area contributed by atoms with Gasteiger partial charge in [-0.05, 0) is 30.3 Å². The molecule has 0 saturated carbocycles. The molecule has 114 valence electrons. The van der Waals surface area contributed by atoms with Gasteiger partial charge in [-0.25, -0.2) is 9.18 Å². The van der Waals surface area contributed by atoms with Gasteiger partial charge in [-0.1, -0.05) is 27.5 Å². The van der Waals surface area contributed by atoms with E-state index >= 15 is 0 Å². The number of ether oxygens (including phenoxy) is 3. The van der Waals surface area contributed by atoms with Gasteiger partial charge in [0.2, 0.25) is 6.79 Å². The number of hydrogen-bond donors (Lipinski definition) is 0. The predicted octanol–water partition coefficient (Wildman–Crippen LogP) is 4.33. The molecule has 0 spiro atoms. The summed E-state index contributed by atoms with van der Waals surface area (Å²) in [5.41, 5.74) is 0.476. The van der Waals surface area contributed by atoms with Crippen molar-refractivity contribution in [1.29, 1.82) is 0 Å². The number of carbonyl (C=O) groups excluding carboxylic acids is 1. The lowest BCUT2D eigenvalue weighted by Gasteiger charge is -2.09. The Morgan fingerprint density at radius 2 is 2.00 bits per heavy atom. The highest BCUT2D eigenvalue weighted by atomic mass is 79.9. The van der Waals surface area contributed by atoms with Crippen molar-refractivity contribution in [2.75, 3.05) is 6.79 Å². The predicted molar refractivity (Wildman–Crippen MR) is 80.8 cm³/mol. The zero-order valence-corrected chi connectivity index (χ0v) is 13.4. The van der Waals surface area contributed by atoms with E-state index in [-0.39, 0.29) is 24.0 Å². The first kappa shape index (κ1) is 15.1. The fourth-order valence-corrected chi connectivity index (χ4v) is 2.55. The number of benzene rings is 2. The summed E-state index contributed by atoms with van der Waals surface area (Å²) in [7, 11) is 0. The maximum absolute atomic E-state index is 13.6. The van der Waals surface area contributed by atoms with Crippen molar-refractivity contribution in [2.24, 2.45) is 0 Å². The van der Waals surface area contributed by atoms with Crippen LogP contribution in [0.15, 0.2) is 34.8 Å². The molecule has 0 saturated heterocycles. The normalized spacial score (nSPS) is 12.3. The molecule has 0 fully saturated rings. The van der Waals surface area contributed by atoms with E-state index in [0.717, 1.165) is 6.07 Å². The van der Waals surface area contributed by atoms with Crippen molar-refractivity contribution >= 4 is 33.5 Å². The van der Waals surface area contributed by atoms with Crippen LogP contribution in [0.4, 0.5) is 4.39 Å². The summed E-state index contributed by atoms with van der Waals surface area (Å²) in [6.07, 6.45) is 0. The molecule has 0 atom stereocenters. The molecule has 22 heavy (non-hydrogen) atoms. The summed E-state index contributed by atoms with van der Waals surface area (Å²) in [5, 5.41) is 0.262. The van der Waals surface area contributed by atoms with Gasteiger partial charge in [0.15, 0.2) is 11.5 Å². The largest absolute Gasteiger partial charge is 0.457 e. The Kier molecular flexibility index (Phi) is 4.22. The zero-order valence-electron chi connectivity index (χ0n) is 11.1. The summed E-state index contributed by atoms with van der Waals surface area (Å²) in [6, 6.07) is 7.14. The second-order valence-corrected chi connectivity index (χ2v) is 5.79. The molecule has 0 radical (unpaired) electrons. The van der Waals surface area contributed by atoms with Gasteiger partial charge >= 0.3 is 5.97 Å². The van der Waals surface area contributed by atoms with Gasteiger partial charge in [0.05, 0.1) is 5.56 Å². The van der Waals surface area contributed by atoms with E-state index in [1.807, 2.05) is 0 Å². The Bertz CT molecular complexity index is 751. The molecule has 7 heteroatoms. The van der Waals surface area contributed by atoms with Crippen LogP contribution >= 0.6 is 27.5 Å². The smallest absolute Gasteiger partial charge is 0.341 e. The molecule has 2 aromatic rings. The highest BCUT2D eigenvalue weighted by molar-refractivity contribution is 9.10. The quantitative estimate of drug-likeness (QED) is 0.736. The molecular formula is C15H9BrClFO4. The van der Waals surface area contributed by atoms with Gasteiger partial charge in [-0.2, -0.15) is 0 Å². The molecule has 0 amide bonds. The number of halogens is 3. The van der Waals surface area contributed by atoms with E-state index in [0.29, 0.717) is 21.5 Å². The van der Waals surface area contributed by atoms with Gasteiger partial charge in [0.1, 0.15) is 12.4 Å². The van der Waals surface area contributed by atoms with Gasteiger partial charge in [-0.15, -0.1) is 0 Å². The third-order valence-corrected chi connectivity index (χ3v) is 4.02. The Hall–Kier alpha value is -1.79. The fraction of sp³-hybridized carbons (Fsp3) is 0.133. The number of esters is 1. The lowest BCUT2D eigenvalue weighted by atomic mass is 10.2. The van der Waals surface area contributed by atoms with Crippen molar-refractivity contribution in [3.8, 4) is 11.5 Å². The molecule has 0 bridgehead atoms. The zero-order chi connectivity index (χ0) is 15.7. The molecule has 1 heterocycles. The summed E-state index contributed by atoms with van der Waals surface area (Å²) in [6.45, 7) is 0.112. The molecule has 0 aliphatic carbocycles. The third kappa shape index (κ3) is 3.03. The van der Waals surface area contributed by atoms with Crippen LogP contribution in [0.2, 0.25) is 5.02 Å². The van der Waals surface area contributed by atoms with Crippen LogP contribution in [0.25, 0.3) is 0 Å². The van der Waals surface area contributed by atoms with Crippen molar-refractivity contribution < 1.29 is 23.4 Å². The summed E-state index contributed by atoms with van der Waals surface area (Å²) in [4.78, 5) is 11.9. The monoisotopic (exact) mass is 386 g/mol. The molecule has 2 aromatic carbocycles. The van der Waals surface area contributed by atoms with E-state index in [4.69, 9.17) is 25.8 Å². The van der Waals surface area contributed by atoms with Crippen molar-refractivity contribution in [3.05, 3.63) is 56.8 Å². The first-order valence-corrected chi connectivity index (χ1v) is 7.42. The number of fused-ring (bicyclic) bond motifs is 1. The van der Waals surface area contributed by atoms with Crippen molar-refractivity contribution in [2.45, 2.75) is 6.61 Å². The van der Waals surface area contributed by atoms with Crippen molar-refractivity contribution in [3.63, 3.8) is 0 Å². The van der Waals surface area contributed by atoms with E-state index < -0.39 is 11.8 Å². The second kappa shape index (κ2) is 6.14. The Morgan fingerprint density at radius 3 is 2.77 bits per heavy atom. The lowest BCUT2D eigenvalue weighted by Crippen LogP contribution is -2.08. The lowest BCUT2D eigenvalue weighted by molar-refractivity contribution is 0.0466. The number of rotatable bonds is 3. The van der Waals surface area contributed by atoms with Crippen molar-refractivity contribution in [1.82, 2.24) is 0 Å². The van der Waals surface area contributed by atoms with Gasteiger partial charge in [0, 0.05) is 15.1 Å². The average molecular weight is 388 g/mol. The van der Waals surface area contributed by atoms with E-state index in [2.05, 4.69) is 15.9 Å². The Labute approximate surface area is 138 Å². The molecule has 0 N–H and O–H groups in total. The van der Waals surface area contributed by atoms with Crippen LogP contribution in [0.1, 0.15) is 15.9 Å². The molecule has 0 unspecified atom stereocenters. The minimum atomic E-state index is -0.787. The van der Waals surface area contributed by atoms with Crippen LogP contribution in [-0.4, -0.2) is 12.8 Å².